The Morgan fingerprint density at radius 1 is 1.06 bits per heavy atom. The lowest BCUT2D eigenvalue weighted by atomic mass is 10.0. The topological polar surface area (TPSA) is 60.7 Å². The van der Waals surface area contributed by atoms with E-state index >= 15 is 0 Å². The second-order valence-corrected chi connectivity index (χ2v) is 8.43. The molecule has 172 valence electrons. The standard InChI is InChI=1S/C23H37N7.HI/c1-19(2)22(29-14-12-28(4)13-15-29)17-26-23(24-3)25-16-20-8-5-6-9-21(20)18-30-11-7-10-27-30;/h5-11,19,22H,12-18H2,1-4H3,(H2,24,25,26);1H. The van der Waals surface area contributed by atoms with Crippen LogP contribution in [-0.4, -0.2) is 78.4 Å². The van der Waals surface area contributed by atoms with Crippen molar-refractivity contribution in [2.75, 3.05) is 46.8 Å². The van der Waals surface area contributed by atoms with Crippen molar-refractivity contribution >= 4 is 29.9 Å². The molecule has 3 rings (SSSR count). The van der Waals surface area contributed by atoms with E-state index in [1.807, 2.05) is 30.2 Å². The maximum atomic E-state index is 4.45. The first-order valence-corrected chi connectivity index (χ1v) is 11.0. The summed E-state index contributed by atoms with van der Waals surface area (Å²) in [6.45, 7) is 11.6. The molecule has 8 heteroatoms. The van der Waals surface area contributed by atoms with Crippen molar-refractivity contribution in [1.29, 1.82) is 0 Å². The predicted octanol–water partition coefficient (Wildman–Crippen LogP) is 2.49. The number of halogens is 1. The van der Waals surface area contributed by atoms with Crippen LogP contribution < -0.4 is 10.6 Å². The van der Waals surface area contributed by atoms with Crippen LogP contribution in [0.2, 0.25) is 0 Å². The number of piperazine rings is 1. The van der Waals surface area contributed by atoms with Crippen molar-refractivity contribution < 1.29 is 0 Å². The van der Waals surface area contributed by atoms with Crippen LogP contribution in [0, 0.1) is 5.92 Å². The molecule has 2 heterocycles. The van der Waals surface area contributed by atoms with Crippen LogP contribution in [0.25, 0.3) is 0 Å². The molecule has 0 amide bonds. The SMILES string of the molecule is CN=C(NCc1ccccc1Cn1cccn1)NCC(C(C)C)N1CCN(C)CC1.I. The molecule has 2 N–H and O–H groups in total. The molecule has 1 aliphatic heterocycles. The van der Waals surface area contributed by atoms with Gasteiger partial charge in [0.15, 0.2) is 5.96 Å². The largest absolute Gasteiger partial charge is 0.355 e. The predicted molar refractivity (Wildman–Crippen MR) is 139 cm³/mol. The zero-order valence-electron chi connectivity index (χ0n) is 19.3. The van der Waals surface area contributed by atoms with Gasteiger partial charge in [-0.05, 0) is 30.2 Å². The first kappa shape index (κ1) is 25.6. The molecule has 1 atom stereocenters. The highest BCUT2D eigenvalue weighted by Gasteiger charge is 2.25. The molecule has 0 spiro atoms. The first-order valence-electron chi connectivity index (χ1n) is 11.0. The highest BCUT2D eigenvalue weighted by atomic mass is 127. The maximum Gasteiger partial charge on any atom is 0.191 e. The molecule has 1 aromatic carbocycles. The summed E-state index contributed by atoms with van der Waals surface area (Å²) in [5.41, 5.74) is 2.53. The minimum Gasteiger partial charge on any atom is -0.355 e. The molecular formula is C23H38IN7. The van der Waals surface area contributed by atoms with Crippen LogP contribution in [0.4, 0.5) is 0 Å². The Balaban J connectivity index is 0.00000341. The lowest BCUT2D eigenvalue weighted by Gasteiger charge is -2.40. The summed E-state index contributed by atoms with van der Waals surface area (Å²) in [4.78, 5) is 9.47. The number of nitrogens with zero attached hydrogens (tertiary/aromatic N) is 5. The van der Waals surface area contributed by atoms with Crippen molar-refractivity contribution in [3.8, 4) is 0 Å². The Bertz CT molecular complexity index is 783. The third-order valence-electron chi connectivity index (χ3n) is 5.93. The summed E-state index contributed by atoms with van der Waals surface area (Å²) in [6, 6.07) is 11.0. The number of rotatable bonds is 8. The minimum atomic E-state index is 0. The molecule has 0 bridgehead atoms. The van der Waals surface area contributed by atoms with E-state index in [1.165, 1.54) is 11.1 Å². The zero-order chi connectivity index (χ0) is 21.3. The molecule has 1 aliphatic rings. The van der Waals surface area contributed by atoms with Gasteiger partial charge in [-0.3, -0.25) is 14.6 Å². The van der Waals surface area contributed by atoms with Gasteiger partial charge < -0.3 is 15.5 Å². The van der Waals surface area contributed by atoms with Gasteiger partial charge in [0.25, 0.3) is 0 Å². The number of benzene rings is 1. The fourth-order valence-corrected chi connectivity index (χ4v) is 3.99. The van der Waals surface area contributed by atoms with Crippen LogP contribution in [0.15, 0.2) is 47.7 Å². The Hall–Kier alpha value is -1.65. The van der Waals surface area contributed by atoms with Gasteiger partial charge in [0, 0.05) is 64.8 Å². The molecule has 0 aliphatic carbocycles. The molecule has 1 saturated heterocycles. The van der Waals surface area contributed by atoms with Crippen molar-refractivity contribution in [3.63, 3.8) is 0 Å². The van der Waals surface area contributed by atoms with Gasteiger partial charge in [-0.1, -0.05) is 38.1 Å². The number of aliphatic imine (C=N–C) groups is 1. The highest BCUT2D eigenvalue weighted by molar-refractivity contribution is 14.0. The van der Waals surface area contributed by atoms with E-state index in [4.69, 9.17) is 0 Å². The summed E-state index contributed by atoms with van der Waals surface area (Å²) < 4.78 is 1.95. The lowest BCUT2D eigenvalue weighted by Crippen LogP contribution is -2.55. The second-order valence-electron chi connectivity index (χ2n) is 8.43. The number of hydrogen-bond acceptors (Lipinski definition) is 4. The van der Waals surface area contributed by atoms with Gasteiger partial charge >= 0.3 is 0 Å². The van der Waals surface area contributed by atoms with Gasteiger partial charge in [0.05, 0.1) is 6.54 Å². The number of hydrogen-bond donors (Lipinski definition) is 2. The molecule has 0 saturated carbocycles. The summed E-state index contributed by atoms with van der Waals surface area (Å²) in [6.07, 6.45) is 3.81. The van der Waals surface area contributed by atoms with Crippen molar-refractivity contribution in [3.05, 3.63) is 53.9 Å². The Morgan fingerprint density at radius 3 is 2.39 bits per heavy atom. The first-order chi connectivity index (χ1) is 14.6. The van der Waals surface area contributed by atoms with Crippen LogP contribution in [0.3, 0.4) is 0 Å². The molecule has 1 unspecified atom stereocenters. The van der Waals surface area contributed by atoms with Crippen molar-refractivity contribution in [2.24, 2.45) is 10.9 Å². The molecule has 0 radical (unpaired) electrons. The summed E-state index contributed by atoms with van der Waals surface area (Å²) in [5, 5.41) is 11.4. The van der Waals surface area contributed by atoms with Crippen LogP contribution >= 0.6 is 24.0 Å². The number of aromatic nitrogens is 2. The minimum absolute atomic E-state index is 0. The van der Waals surface area contributed by atoms with E-state index in [0.717, 1.165) is 51.8 Å². The van der Waals surface area contributed by atoms with E-state index in [1.54, 1.807) is 0 Å². The average molecular weight is 540 g/mol. The van der Waals surface area contributed by atoms with Gasteiger partial charge in [-0.15, -0.1) is 24.0 Å². The van der Waals surface area contributed by atoms with Crippen molar-refractivity contribution in [2.45, 2.75) is 33.0 Å². The molecule has 31 heavy (non-hydrogen) atoms. The number of guanidine groups is 1. The Morgan fingerprint density at radius 2 is 1.77 bits per heavy atom. The van der Waals surface area contributed by atoms with Crippen molar-refractivity contribution in [1.82, 2.24) is 30.2 Å². The molecular weight excluding hydrogens is 501 g/mol. The van der Waals surface area contributed by atoms with Gasteiger partial charge in [0.1, 0.15) is 0 Å². The van der Waals surface area contributed by atoms with E-state index in [9.17, 15) is 0 Å². The maximum absolute atomic E-state index is 4.45. The monoisotopic (exact) mass is 539 g/mol. The third-order valence-corrected chi connectivity index (χ3v) is 5.93. The molecule has 2 aromatic rings. The van der Waals surface area contributed by atoms with Crippen LogP contribution in [0.1, 0.15) is 25.0 Å². The van der Waals surface area contributed by atoms with Crippen LogP contribution in [0.5, 0.6) is 0 Å². The molecule has 1 aromatic heterocycles. The third kappa shape index (κ3) is 7.76. The fraction of sp³-hybridized carbons (Fsp3) is 0.565. The second kappa shape index (κ2) is 13.0. The molecule has 7 nitrogen and oxygen atoms in total. The van der Waals surface area contributed by atoms with Gasteiger partial charge in [-0.2, -0.15) is 5.10 Å². The van der Waals surface area contributed by atoms with E-state index in [-0.39, 0.29) is 24.0 Å². The van der Waals surface area contributed by atoms with Gasteiger partial charge in [-0.25, -0.2) is 0 Å². The molecule has 1 fully saturated rings. The zero-order valence-corrected chi connectivity index (χ0v) is 21.6. The lowest BCUT2D eigenvalue weighted by molar-refractivity contribution is 0.0900. The van der Waals surface area contributed by atoms with E-state index in [0.29, 0.717) is 12.0 Å². The average Bonchev–Trinajstić information content (AvgIpc) is 3.25. The normalized spacial score (nSPS) is 16.7. The van der Waals surface area contributed by atoms with Gasteiger partial charge in [0.2, 0.25) is 0 Å². The highest BCUT2D eigenvalue weighted by Crippen LogP contribution is 2.13. The summed E-state index contributed by atoms with van der Waals surface area (Å²) in [5.74, 6) is 1.44. The number of nitrogens with one attached hydrogen (secondary N) is 2. The van der Waals surface area contributed by atoms with E-state index < -0.39 is 0 Å². The summed E-state index contributed by atoms with van der Waals surface area (Å²) >= 11 is 0. The Kier molecular flexibility index (Phi) is 10.8. The Labute approximate surface area is 204 Å². The smallest absolute Gasteiger partial charge is 0.191 e. The fourth-order valence-electron chi connectivity index (χ4n) is 3.99. The quantitative estimate of drug-likeness (QED) is 0.307. The van der Waals surface area contributed by atoms with Crippen LogP contribution in [-0.2, 0) is 13.1 Å². The van der Waals surface area contributed by atoms with E-state index in [2.05, 4.69) is 75.7 Å². The summed E-state index contributed by atoms with van der Waals surface area (Å²) in [7, 11) is 4.04. The number of likely N-dealkylation sites (N-methyl/N-ethyl adjacent to an activating group) is 1.